The normalized spacial score (nSPS) is 12.8. The summed E-state index contributed by atoms with van der Waals surface area (Å²) in [4.78, 5) is 24.5. The lowest BCUT2D eigenvalue weighted by Gasteiger charge is -2.22. The van der Waals surface area contributed by atoms with Crippen molar-refractivity contribution < 1.29 is 24.5 Å². The maximum absolute atomic E-state index is 12.5. The summed E-state index contributed by atoms with van der Waals surface area (Å²) in [5, 5.41) is 23.3. The Morgan fingerprint density at radius 2 is 0.739 bits per heavy atom. The summed E-state index contributed by atoms with van der Waals surface area (Å²) in [5.74, 6) is -0.0433. The molecule has 0 radical (unpaired) electrons. The molecular formula is C63H119NO5. The summed E-state index contributed by atoms with van der Waals surface area (Å²) < 4.78 is 5.47. The van der Waals surface area contributed by atoms with Crippen molar-refractivity contribution in [1.82, 2.24) is 5.32 Å². The Morgan fingerprint density at radius 1 is 0.406 bits per heavy atom. The average molecular weight is 971 g/mol. The minimum atomic E-state index is -0.668. The van der Waals surface area contributed by atoms with E-state index in [-0.39, 0.29) is 18.5 Å². The summed E-state index contributed by atoms with van der Waals surface area (Å²) in [5.41, 5.74) is 0. The van der Waals surface area contributed by atoms with Crippen LogP contribution >= 0.6 is 0 Å². The minimum Gasteiger partial charge on any atom is -0.466 e. The van der Waals surface area contributed by atoms with Crippen LogP contribution in [0.15, 0.2) is 36.5 Å². The van der Waals surface area contributed by atoms with Gasteiger partial charge in [0.05, 0.1) is 25.4 Å². The molecule has 6 heteroatoms. The highest BCUT2D eigenvalue weighted by Gasteiger charge is 2.20. The largest absolute Gasteiger partial charge is 0.466 e. The van der Waals surface area contributed by atoms with Crippen LogP contribution in [0.25, 0.3) is 0 Å². The monoisotopic (exact) mass is 970 g/mol. The molecule has 0 fully saturated rings. The predicted molar refractivity (Wildman–Crippen MR) is 301 cm³/mol. The molecule has 0 saturated carbocycles. The third-order valence-corrected chi connectivity index (χ3v) is 14.2. The number of nitrogens with one attached hydrogen (secondary N) is 1. The van der Waals surface area contributed by atoms with Crippen molar-refractivity contribution in [3.05, 3.63) is 36.5 Å². The van der Waals surface area contributed by atoms with Crippen molar-refractivity contribution >= 4 is 11.9 Å². The molecule has 0 saturated heterocycles. The Hall–Kier alpha value is -1.92. The molecule has 0 spiro atoms. The number of hydrogen-bond acceptors (Lipinski definition) is 5. The zero-order chi connectivity index (χ0) is 50.0. The second-order valence-electron chi connectivity index (χ2n) is 21.0. The summed E-state index contributed by atoms with van der Waals surface area (Å²) >= 11 is 0. The quantitative estimate of drug-likeness (QED) is 0.0321. The standard InChI is InChI=1S/C63H119NO5/c1-3-5-7-9-11-13-15-17-28-31-35-39-43-47-51-55-61(66)60(59-65)64-62(67)56-52-48-44-40-36-32-29-26-24-22-20-19-21-23-25-27-30-34-38-42-46-50-54-58-69-63(68)57-53-49-45-41-37-33-18-16-14-12-10-8-6-4-2/h10,12,16,18,22,24,60-61,65-66H,3-9,11,13-15,17,19-21,23,25-59H2,1-2H3,(H,64,67)/b12-10-,18-16-,24-22-. The van der Waals surface area contributed by atoms with Gasteiger partial charge in [-0.1, -0.05) is 275 Å². The van der Waals surface area contributed by atoms with E-state index in [9.17, 15) is 19.8 Å². The number of aliphatic hydroxyl groups is 2. The molecule has 406 valence electrons. The second kappa shape index (κ2) is 58.6. The van der Waals surface area contributed by atoms with Crippen molar-refractivity contribution in [3.63, 3.8) is 0 Å². The molecule has 0 bridgehead atoms. The van der Waals surface area contributed by atoms with Gasteiger partial charge in [-0.15, -0.1) is 0 Å². The van der Waals surface area contributed by atoms with Crippen molar-refractivity contribution in [2.24, 2.45) is 0 Å². The molecule has 0 aliphatic heterocycles. The van der Waals surface area contributed by atoms with E-state index in [0.717, 1.165) is 51.4 Å². The Labute approximate surface area is 430 Å². The Morgan fingerprint density at radius 3 is 1.16 bits per heavy atom. The topological polar surface area (TPSA) is 95.9 Å². The fourth-order valence-electron chi connectivity index (χ4n) is 9.42. The SMILES string of the molecule is CCCC/C=C\C/C=C\CCCCCCCC(=O)OCCCCCCCCCCCCCC/C=C\CCCCCCCCCC(=O)NC(CO)C(O)CCCCCCCCCCCCCCCCC. The van der Waals surface area contributed by atoms with Crippen LogP contribution < -0.4 is 5.32 Å². The first-order valence-corrected chi connectivity index (χ1v) is 30.7. The maximum Gasteiger partial charge on any atom is 0.305 e. The Balaban J connectivity index is 3.41. The van der Waals surface area contributed by atoms with E-state index in [1.807, 2.05) is 0 Å². The second-order valence-corrected chi connectivity index (χ2v) is 21.0. The fourth-order valence-corrected chi connectivity index (χ4v) is 9.42. The van der Waals surface area contributed by atoms with Gasteiger partial charge < -0.3 is 20.3 Å². The first-order chi connectivity index (χ1) is 34.0. The molecule has 6 nitrogen and oxygen atoms in total. The molecule has 0 aromatic rings. The lowest BCUT2D eigenvalue weighted by atomic mass is 10.0. The van der Waals surface area contributed by atoms with Gasteiger partial charge in [0.15, 0.2) is 0 Å². The summed E-state index contributed by atoms with van der Waals surface area (Å²) in [7, 11) is 0. The van der Waals surface area contributed by atoms with Crippen LogP contribution in [0.1, 0.15) is 328 Å². The van der Waals surface area contributed by atoms with Crippen molar-refractivity contribution in [2.45, 2.75) is 341 Å². The van der Waals surface area contributed by atoms with Crippen LogP contribution in [0.5, 0.6) is 0 Å². The zero-order valence-electron chi connectivity index (χ0n) is 46.3. The van der Waals surface area contributed by atoms with E-state index in [4.69, 9.17) is 4.74 Å². The molecule has 0 rings (SSSR count). The van der Waals surface area contributed by atoms with Gasteiger partial charge >= 0.3 is 5.97 Å². The molecule has 0 heterocycles. The van der Waals surface area contributed by atoms with E-state index in [0.29, 0.717) is 25.9 Å². The van der Waals surface area contributed by atoms with E-state index in [1.165, 1.54) is 244 Å². The summed E-state index contributed by atoms with van der Waals surface area (Å²) in [6.07, 6.45) is 72.9. The highest BCUT2D eigenvalue weighted by Crippen LogP contribution is 2.17. The van der Waals surface area contributed by atoms with Crippen LogP contribution in [0, 0.1) is 0 Å². The highest BCUT2D eigenvalue weighted by molar-refractivity contribution is 5.76. The van der Waals surface area contributed by atoms with Gasteiger partial charge in [0.1, 0.15) is 0 Å². The minimum absolute atomic E-state index is 0.00315. The maximum atomic E-state index is 12.5. The number of ether oxygens (including phenoxy) is 1. The van der Waals surface area contributed by atoms with Gasteiger partial charge in [-0.2, -0.15) is 0 Å². The van der Waals surface area contributed by atoms with Gasteiger partial charge in [-0.3, -0.25) is 9.59 Å². The number of esters is 1. The molecular weight excluding hydrogens is 851 g/mol. The number of unbranched alkanes of at least 4 members (excludes halogenated alkanes) is 40. The number of amides is 1. The highest BCUT2D eigenvalue weighted by atomic mass is 16.5. The molecule has 0 aromatic heterocycles. The van der Waals surface area contributed by atoms with Gasteiger partial charge in [0, 0.05) is 12.8 Å². The van der Waals surface area contributed by atoms with Crippen molar-refractivity contribution in [2.75, 3.05) is 13.2 Å². The first-order valence-electron chi connectivity index (χ1n) is 30.7. The van der Waals surface area contributed by atoms with Gasteiger partial charge in [0.2, 0.25) is 5.91 Å². The van der Waals surface area contributed by atoms with Crippen molar-refractivity contribution in [1.29, 1.82) is 0 Å². The Bertz CT molecular complexity index is 1120. The van der Waals surface area contributed by atoms with E-state index in [2.05, 4.69) is 55.6 Å². The zero-order valence-corrected chi connectivity index (χ0v) is 46.3. The van der Waals surface area contributed by atoms with E-state index >= 15 is 0 Å². The molecule has 2 unspecified atom stereocenters. The van der Waals surface area contributed by atoms with Crippen LogP contribution in [-0.2, 0) is 14.3 Å². The number of allylic oxidation sites excluding steroid dienone is 6. The predicted octanol–water partition coefficient (Wildman–Crippen LogP) is 19.2. The van der Waals surface area contributed by atoms with Crippen LogP contribution in [0.4, 0.5) is 0 Å². The fraction of sp³-hybridized carbons (Fsp3) is 0.873. The number of hydrogen-bond donors (Lipinski definition) is 3. The molecule has 0 aliphatic carbocycles. The third-order valence-electron chi connectivity index (χ3n) is 14.2. The van der Waals surface area contributed by atoms with Gasteiger partial charge in [0.25, 0.3) is 0 Å². The van der Waals surface area contributed by atoms with Crippen molar-refractivity contribution in [3.8, 4) is 0 Å². The van der Waals surface area contributed by atoms with Crippen LogP contribution in [0.2, 0.25) is 0 Å². The number of carbonyl (C=O) groups excluding carboxylic acids is 2. The smallest absolute Gasteiger partial charge is 0.305 e. The molecule has 0 aliphatic rings. The lowest BCUT2D eigenvalue weighted by Crippen LogP contribution is -2.45. The molecule has 69 heavy (non-hydrogen) atoms. The molecule has 0 aromatic carbocycles. The first kappa shape index (κ1) is 67.1. The van der Waals surface area contributed by atoms with Crippen LogP contribution in [-0.4, -0.2) is 47.4 Å². The third kappa shape index (κ3) is 55.2. The van der Waals surface area contributed by atoms with Gasteiger partial charge in [-0.25, -0.2) is 0 Å². The molecule has 1 amide bonds. The number of rotatable bonds is 57. The van der Waals surface area contributed by atoms with Gasteiger partial charge in [-0.05, 0) is 77.0 Å². The summed E-state index contributed by atoms with van der Waals surface area (Å²) in [6.45, 7) is 4.91. The number of carbonyl (C=O) groups is 2. The number of aliphatic hydroxyl groups excluding tert-OH is 2. The Kier molecular flexibility index (Phi) is 57.0. The van der Waals surface area contributed by atoms with E-state index in [1.54, 1.807) is 0 Å². The van der Waals surface area contributed by atoms with Crippen LogP contribution in [0.3, 0.4) is 0 Å². The lowest BCUT2D eigenvalue weighted by molar-refractivity contribution is -0.143. The molecule has 2 atom stereocenters. The van der Waals surface area contributed by atoms with E-state index < -0.39 is 12.1 Å². The summed E-state index contributed by atoms with van der Waals surface area (Å²) in [6, 6.07) is -0.546. The molecule has 3 N–H and O–H groups in total. The average Bonchev–Trinajstić information content (AvgIpc) is 3.35.